The second kappa shape index (κ2) is 3.10. The van der Waals surface area contributed by atoms with Gasteiger partial charge in [0, 0.05) is 6.20 Å². The molecule has 0 fully saturated rings. The molecule has 0 atom stereocenters. The molecule has 74 valence electrons. The minimum absolute atomic E-state index is 0.390. The van der Waals surface area contributed by atoms with Gasteiger partial charge >= 0.3 is 0 Å². The molecular formula is C10H6ClN3O. The summed E-state index contributed by atoms with van der Waals surface area (Å²) in [5, 5.41) is 0.390. The number of aromatic amines is 1. The van der Waals surface area contributed by atoms with Crippen molar-refractivity contribution in [3.63, 3.8) is 0 Å². The van der Waals surface area contributed by atoms with E-state index in [1.807, 2.05) is 18.2 Å². The summed E-state index contributed by atoms with van der Waals surface area (Å²) in [6, 6.07) is 5.46. The summed E-state index contributed by atoms with van der Waals surface area (Å²) in [5.41, 5.74) is 1.51. The van der Waals surface area contributed by atoms with Gasteiger partial charge in [0.1, 0.15) is 5.52 Å². The standard InChI is InChI=1S/C10H6ClN3O/c11-9-8-6(3-4-12-9)13-10(14-8)7-2-1-5-15-7/h1-5H,(H,13,14). The fourth-order valence-electron chi connectivity index (χ4n) is 1.43. The van der Waals surface area contributed by atoms with Gasteiger partial charge in [0.05, 0.1) is 11.8 Å². The number of rotatable bonds is 1. The average molecular weight is 220 g/mol. The summed E-state index contributed by atoms with van der Waals surface area (Å²) < 4.78 is 5.23. The molecule has 0 unspecified atom stereocenters. The van der Waals surface area contributed by atoms with Gasteiger partial charge in [-0.05, 0) is 18.2 Å². The molecule has 0 aliphatic rings. The molecule has 3 rings (SSSR count). The molecule has 3 aromatic rings. The van der Waals surface area contributed by atoms with E-state index in [1.54, 1.807) is 12.5 Å². The SMILES string of the molecule is Clc1nccc2[nH]c(-c3ccco3)nc12. The summed E-state index contributed by atoms with van der Waals surface area (Å²) >= 11 is 5.91. The van der Waals surface area contributed by atoms with Gasteiger partial charge in [0.15, 0.2) is 16.7 Å². The van der Waals surface area contributed by atoms with E-state index >= 15 is 0 Å². The molecule has 0 aromatic carbocycles. The van der Waals surface area contributed by atoms with E-state index in [0.29, 0.717) is 22.3 Å². The van der Waals surface area contributed by atoms with Crippen LogP contribution < -0.4 is 0 Å². The van der Waals surface area contributed by atoms with Crippen LogP contribution in [-0.2, 0) is 0 Å². The molecule has 0 saturated heterocycles. The first-order valence-electron chi connectivity index (χ1n) is 4.39. The van der Waals surface area contributed by atoms with Crippen molar-refractivity contribution in [1.29, 1.82) is 0 Å². The Morgan fingerprint density at radius 3 is 3.00 bits per heavy atom. The quantitative estimate of drug-likeness (QED) is 0.641. The van der Waals surface area contributed by atoms with Crippen molar-refractivity contribution < 1.29 is 4.42 Å². The van der Waals surface area contributed by atoms with Crippen molar-refractivity contribution in [2.24, 2.45) is 0 Å². The molecular weight excluding hydrogens is 214 g/mol. The van der Waals surface area contributed by atoms with Crippen LogP contribution in [0, 0.1) is 0 Å². The zero-order valence-corrected chi connectivity index (χ0v) is 8.32. The third-order valence-corrected chi connectivity index (χ3v) is 2.39. The summed E-state index contributed by atoms with van der Waals surface area (Å²) in [5.74, 6) is 1.34. The van der Waals surface area contributed by atoms with Crippen LogP contribution >= 0.6 is 11.6 Å². The summed E-state index contributed by atoms with van der Waals surface area (Å²) in [6.07, 6.45) is 3.23. The number of imidazole rings is 1. The van der Waals surface area contributed by atoms with Crippen LogP contribution in [0.3, 0.4) is 0 Å². The van der Waals surface area contributed by atoms with Crippen molar-refractivity contribution in [2.45, 2.75) is 0 Å². The number of hydrogen-bond donors (Lipinski definition) is 1. The Bertz CT molecular complexity index is 600. The van der Waals surface area contributed by atoms with Crippen LogP contribution in [0.5, 0.6) is 0 Å². The topological polar surface area (TPSA) is 54.7 Å². The fourth-order valence-corrected chi connectivity index (χ4v) is 1.63. The monoisotopic (exact) mass is 219 g/mol. The van der Waals surface area contributed by atoms with E-state index in [4.69, 9.17) is 16.0 Å². The van der Waals surface area contributed by atoms with Crippen molar-refractivity contribution >= 4 is 22.6 Å². The molecule has 1 N–H and O–H groups in total. The van der Waals surface area contributed by atoms with Crippen LogP contribution in [0.15, 0.2) is 35.1 Å². The molecule has 0 aliphatic heterocycles. The van der Waals surface area contributed by atoms with E-state index in [-0.39, 0.29) is 0 Å². The number of nitrogens with one attached hydrogen (secondary N) is 1. The lowest BCUT2D eigenvalue weighted by Crippen LogP contribution is -1.75. The van der Waals surface area contributed by atoms with Crippen molar-refractivity contribution in [1.82, 2.24) is 15.0 Å². The Labute approximate surface area is 89.9 Å². The van der Waals surface area contributed by atoms with Gasteiger partial charge in [-0.2, -0.15) is 0 Å². The highest BCUT2D eigenvalue weighted by Gasteiger charge is 2.09. The van der Waals surface area contributed by atoms with Gasteiger partial charge in [0.25, 0.3) is 0 Å². The first kappa shape index (κ1) is 8.49. The average Bonchev–Trinajstić information content (AvgIpc) is 2.86. The number of aromatic nitrogens is 3. The van der Waals surface area contributed by atoms with Gasteiger partial charge in [-0.25, -0.2) is 9.97 Å². The number of H-pyrrole nitrogens is 1. The summed E-state index contributed by atoms with van der Waals surface area (Å²) in [7, 11) is 0. The van der Waals surface area contributed by atoms with Crippen LogP contribution in [0.1, 0.15) is 0 Å². The molecule has 0 spiro atoms. The van der Waals surface area contributed by atoms with Gasteiger partial charge in [0.2, 0.25) is 0 Å². The highest BCUT2D eigenvalue weighted by molar-refractivity contribution is 6.33. The van der Waals surface area contributed by atoms with Crippen molar-refractivity contribution in [3.8, 4) is 11.6 Å². The number of pyridine rings is 1. The van der Waals surface area contributed by atoms with Gasteiger partial charge in [-0.3, -0.25) is 0 Å². The van der Waals surface area contributed by atoms with Crippen LogP contribution in [0.2, 0.25) is 5.15 Å². The van der Waals surface area contributed by atoms with E-state index < -0.39 is 0 Å². The number of halogens is 1. The van der Waals surface area contributed by atoms with Gasteiger partial charge in [-0.1, -0.05) is 11.6 Å². The maximum atomic E-state index is 5.91. The second-order valence-electron chi connectivity index (χ2n) is 3.06. The van der Waals surface area contributed by atoms with Crippen LogP contribution in [-0.4, -0.2) is 15.0 Å². The van der Waals surface area contributed by atoms with Crippen molar-refractivity contribution in [3.05, 3.63) is 35.8 Å². The van der Waals surface area contributed by atoms with E-state index in [2.05, 4.69) is 15.0 Å². The number of furan rings is 1. The molecule has 0 saturated carbocycles. The Kier molecular flexibility index (Phi) is 1.76. The predicted octanol–water partition coefficient (Wildman–Crippen LogP) is 2.87. The molecule has 5 heteroatoms. The first-order chi connectivity index (χ1) is 7.34. The zero-order chi connectivity index (χ0) is 10.3. The molecule has 0 amide bonds. The normalized spacial score (nSPS) is 11.0. The lowest BCUT2D eigenvalue weighted by Gasteiger charge is -1.87. The second-order valence-corrected chi connectivity index (χ2v) is 3.42. The number of hydrogen-bond acceptors (Lipinski definition) is 3. The Balaban J connectivity index is 2.27. The lowest BCUT2D eigenvalue weighted by molar-refractivity contribution is 0.578. The molecule has 0 aliphatic carbocycles. The third kappa shape index (κ3) is 1.30. The summed E-state index contributed by atoms with van der Waals surface area (Å²) in [6.45, 7) is 0. The summed E-state index contributed by atoms with van der Waals surface area (Å²) in [4.78, 5) is 11.4. The number of nitrogens with zero attached hydrogens (tertiary/aromatic N) is 2. The predicted molar refractivity (Wildman–Crippen MR) is 56.6 cm³/mol. The Morgan fingerprint density at radius 2 is 2.27 bits per heavy atom. The van der Waals surface area contributed by atoms with E-state index in [0.717, 1.165) is 5.52 Å². The minimum Gasteiger partial charge on any atom is -0.461 e. The lowest BCUT2D eigenvalue weighted by atomic mass is 10.4. The highest BCUT2D eigenvalue weighted by atomic mass is 35.5. The maximum absolute atomic E-state index is 5.91. The van der Waals surface area contributed by atoms with Crippen LogP contribution in [0.25, 0.3) is 22.6 Å². The first-order valence-corrected chi connectivity index (χ1v) is 4.76. The minimum atomic E-state index is 0.390. The molecule has 15 heavy (non-hydrogen) atoms. The molecule has 0 radical (unpaired) electrons. The van der Waals surface area contributed by atoms with Crippen LogP contribution in [0.4, 0.5) is 0 Å². The highest BCUT2D eigenvalue weighted by Crippen LogP contribution is 2.23. The molecule has 3 aromatic heterocycles. The van der Waals surface area contributed by atoms with Gasteiger partial charge in [-0.15, -0.1) is 0 Å². The maximum Gasteiger partial charge on any atom is 0.174 e. The molecule has 4 nitrogen and oxygen atoms in total. The Morgan fingerprint density at radius 1 is 1.33 bits per heavy atom. The van der Waals surface area contributed by atoms with E-state index in [9.17, 15) is 0 Å². The Hall–Kier alpha value is -1.81. The fraction of sp³-hybridized carbons (Fsp3) is 0. The molecule has 3 heterocycles. The smallest absolute Gasteiger partial charge is 0.174 e. The largest absolute Gasteiger partial charge is 0.461 e. The van der Waals surface area contributed by atoms with E-state index in [1.165, 1.54) is 0 Å². The molecule has 0 bridgehead atoms. The number of fused-ring (bicyclic) bond motifs is 1. The third-order valence-electron chi connectivity index (χ3n) is 2.11. The zero-order valence-electron chi connectivity index (χ0n) is 7.57. The van der Waals surface area contributed by atoms with Gasteiger partial charge < -0.3 is 9.40 Å². The van der Waals surface area contributed by atoms with Crippen molar-refractivity contribution in [2.75, 3.05) is 0 Å².